The Bertz CT molecular complexity index is 644. The van der Waals surface area contributed by atoms with Crippen molar-refractivity contribution in [1.82, 2.24) is 9.66 Å². The number of fused-ring (bicyclic) bond motifs is 1. The smallest absolute Gasteiger partial charge is 0.220 e. The van der Waals surface area contributed by atoms with Crippen LogP contribution in [0.5, 0.6) is 0 Å². The van der Waals surface area contributed by atoms with Crippen LogP contribution in [0.1, 0.15) is 33.1 Å². The summed E-state index contributed by atoms with van der Waals surface area (Å²) in [4.78, 5) is 4.36. The second-order valence-electron chi connectivity index (χ2n) is 5.55. The zero-order chi connectivity index (χ0) is 14.4. The topological polar surface area (TPSA) is 47.1 Å². The molecule has 0 bridgehead atoms. The van der Waals surface area contributed by atoms with E-state index in [1.54, 1.807) is 6.07 Å². The fourth-order valence-electron chi connectivity index (χ4n) is 3.12. The van der Waals surface area contributed by atoms with Crippen LogP contribution in [0.3, 0.4) is 0 Å². The number of nitrogen functional groups attached to an aromatic ring is 1. The van der Waals surface area contributed by atoms with E-state index in [0.717, 1.165) is 18.4 Å². The maximum atomic E-state index is 13.9. The Morgan fingerprint density at radius 1 is 1.30 bits per heavy atom. The van der Waals surface area contributed by atoms with Crippen molar-refractivity contribution in [2.75, 3.05) is 10.7 Å². The minimum absolute atomic E-state index is 0.295. The molecule has 1 saturated heterocycles. The third-order valence-electron chi connectivity index (χ3n) is 4.08. The Labute approximate surface area is 125 Å². The van der Waals surface area contributed by atoms with Gasteiger partial charge < -0.3 is 10.7 Å². The lowest BCUT2D eigenvalue weighted by Gasteiger charge is -2.41. The van der Waals surface area contributed by atoms with E-state index in [-0.39, 0.29) is 5.82 Å². The first-order valence-electron chi connectivity index (χ1n) is 6.90. The summed E-state index contributed by atoms with van der Waals surface area (Å²) in [6.07, 6.45) is 3.44. The van der Waals surface area contributed by atoms with Crippen LogP contribution in [-0.2, 0) is 0 Å². The van der Waals surface area contributed by atoms with Crippen LogP contribution in [0, 0.1) is 5.82 Å². The van der Waals surface area contributed by atoms with Gasteiger partial charge in [-0.2, -0.15) is 0 Å². The normalized spacial score (nSPS) is 23.5. The monoisotopic (exact) mass is 340 g/mol. The molecule has 108 valence electrons. The van der Waals surface area contributed by atoms with Crippen molar-refractivity contribution in [2.45, 2.75) is 45.2 Å². The Morgan fingerprint density at radius 3 is 2.60 bits per heavy atom. The van der Waals surface area contributed by atoms with Crippen molar-refractivity contribution in [2.24, 2.45) is 0 Å². The molecular formula is C14H18BrFN4. The molecule has 2 unspecified atom stereocenters. The van der Waals surface area contributed by atoms with E-state index in [1.165, 1.54) is 12.5 Å². The number of rotatable bonds is 1. The molecule has 1 aromatic carbocycles. The van der Waals surface area contributed by atoms with Gasteiger partial charge in [0.1, 0.15) is 5.82 Å². The van der Waals surface area contributed by atoms with Gasteiger partial charge in [-0.25, -0.2) is 14.1 Å². The predicted octanol–water partition coefficient (Wildman–Crippen LogP) is 3.42. The number of nitrogens with two attached hydrogens (primary N) is 1. The van der Waals surface area contributed by atoms with Gasteiger partial charge in [0.2, 0.25) is 5.95 Å². The molecule has 1 aromatic heterocycles. The van der Waals surface area contributed by atoms with Crippen molar-refractivity contribution in [3.63, 3.8) is 0 Å². The van der Waals surface area contributed by atoms with Gasteiger partial charge in [-0.05, 0) is 55.1 Å². The van der Waals surface area contributed by atoms with Crippen molar-refractivity contribution in [1.29, 1.82) is 0 Å². The van der Waals surface area contributed by atoms with Gasteiger partial charge in [0.25, 0.3) is 0 Å². The van der Waals surface area contributed by atoms with Crippen LogP contribution in [0.25, 0.3) is 11.0 Å². The van der Waals surface area contributed by atoms with E-state index in [0.29, 0.717) is 28.0 Å². The minimum Gasteiger partial charge on any atom is -0.368 e. The fraction of sp³-hybridized carbons (Fsp3) is 0.500. The molecular weight excluding hydrogens is 323 g/mol. The number of hydrogen-bond acceptors (Lipinski definition) is 3. The lowest BCUT2D eigenvalue weighted by molar-refractivity contribution is 0.343. The number of benzene rings is 1. The largest absolute Gasteiger partial charge is 0.368 e. The van der Waals surface area contributed by atoms with Gasteiger partial charge in [-0.3, -0.25) is 0 Å². The zero-order valence-electron chi connectivity index (χ0n) is 11.6. The fourth-order valence-corrected chi connectivity index (χ4v) is 3.46. The summed E-state index contributed by atoms with van der Waals surface area (Å²) in [5, 5.41) is 2.22. The summed E-state index contributed by atoms with van der Waals surface area (Å²) >= 11 is 3.19. The summed E-state index contributed by atoms with van der Waals surface area (Å²) < 4.78 is 16.1. The maximum absolute atomic E-state index is 13.9. The van der Waals surface area contributed by atoms with E-state index in [1.807, 2.05) is 4.68 Å². The molecule has 0 radical (unpaired) electrons. The molecule has 0 amide bonds. The van der Waals surface area contributed by atoms with Gasteiger partial charge >= 0.3 is 0 Å². The van der Waals surface area contributed by atoms with Crippen LogP contribution in [0.2, 0.25) is 0 Å². The average molecular weight is 341 g/mol. The minimum atomic E-state index is -0.295. The Morgan fingerprint density at radius 2 is 1.95 bits per heavy atom. The molecule has 3 rings (SSSR count). The second kappa shape index (κ2) is 4.91. The molecule has 0 aliphatic carbocycles. The number of hydrogen-bond donors (Lipinski definition) is 1. The Kier molecular flexibility index (Phi) is 3.36. The first-order chi connectivity index (χ1) is 9.49. The molecule has 6 heteroatoms. The van der Waals surface area contributed by atoms with Crippen LogP contribution in [0.4, 0.5) is 10.3 Å². The first kappa shape index (κ1) is 13.7. The zero-order valence-corrected chi connectivity index (χ0v) is 13.2. The number of aromatic nitrogens is 2. The predicted molar refractivity (Wildman–Crippen MR) is 82.8 cm³/mol. The molecule has 2 N–H and O–H groups in total. The van der Waals surface area contributed by atoms with Gasteiger partial charge in [0.15, 0.2) is 0 Å². The Balaban J connectivity index is 2.19. The quantitative estimate of drug-likeness (QED) is 0.865. The molecule has 1 fully saturated rings. The molecule has 4 nitrogen and oxygen atoms in total. The van der Waals surface area contributed by atoms with Gasteiger partial charge in [0, 0.05) is 18.2 Å². The maximum Gasteiger partial charge on any atom is 0.220 e. The molecule has 1 aliphatic heterocycles. The van der Waals surface area contributed by atoms with Gasteiger partial charge in [-0.1, -0.05) is 0 Å². The van der Waals surface area contributed by atoms with Gasteiger partial charge in [-0.15, -0.1) is 0 Å². The van der Waals surface area contributed by atoms with Crippen LogP contribution in [0.15, 0.2) is 16.6 Å². The lowest BCUT2D eigenvalue weighted by Crippen LogP contribution is -2.51. The lowest BCUT2D eigenvalue weighted by atomic mass is 10.00. The number of piperidine rings is 1. The van der Waals surface area contributed by atoms with Crippen molar-refractivity contribution in [3.8, 4) is 0 Å². The molecule has 0 saturated carbocycles. The second-order valence-corrected chi connectivity index (χ2v) is 6.40. The van der Waals surface area contributed by atoms with Gasteiger partial charge in [0.05, 0.1) is 15.5 Å². The molecule has 0 spiro atoms. The number of imidazole rings is 1. The summed E-state index contributed by atoms with van der Waals surface area (Å²) in [6, 6.07) is 3.91. The van der Waals surface area contributed by atoms with E-state index in [4.69, 9.17) is 5.73 Å². The molecule has 2 atom stereocenters. The number of halogens is 2. The van der Waals surface area contributed by atoms with E-state index < -0.39 is 0 Å². The molecule has 2 aromatic rings. The first-order valence-corrected chi connectivity index (χ1v) is 7.70. The van der Waals surface area contributed by atoms with Crippen LogP contribution < -0.4 is 10.7 Å². The summed E-state index contributed by atoms with van der Waals surface area (Å²) in [6.45, 7) is 4.35. The van der Waals surface area contributed by atoms with Crippen molar-refractivity contribution >= 4 is 32.9 Å². The van der Waals surface area contributed by atoms with Crippen molar-refractivity contribution in [3.05, 3.63) is 22.4 Å². The molecule has 1 aliphatic rings. The highest BCUT2D eigenvalue weighted by Gasteiger charge is 2.28. The summed E-state index contributed by atoms with van der Waals surface area (Å²) in [5.74, 6) is 0.120. The third kappa shape index (κ3) is 2.06. The molecule has 2 heterocycles. The van der Waals surface area contributed by atoms with E-state index >= 15 is 0 Å². The third-order valence-corrected chi connectivity index (χ3v) is 4.68. The molecule has 20 heavy (non-hydrogen) atoms. The Hall–Kier alpha value is -1.30. The van der Waals surface area contributed by atoms with Crippen LogP contribution >= 0.6 is 15.9 Å². The van der Waals surface area contributed by atoms with E-state index in [2.05, 4.69) is 39.8 Å². The average Bonchev–Trinajstić information content (AvgIpc) is 2.67. The number of nitrogens with zero attached hydrogens (tertiary/aromatic N) is 3. The van der Waals surface area contributed by atoms with E-state index in [9.17, 15) is 4.39 Å². The highest BCUT2D eigenvalue weighted by molar-refractivity contribution is 9.10. The SMILES string of the molecule is CC1CCCC(C)N1n1c(N)nc2cc(Br)c(F)cc21. The summed E-state index contributed by atoms with van der Waals surface area (Å²) in [7, 11) is 0. The van der Waals surface area contributed by atoms with Crippen molar-refractivity contribution < 1.29 is 4.39 Å². The van der Waals surface area contributed by atoms with Crippen LogP contribution in [-0.4, -0.2) is 21.7 Å². The highest BCUT2D eigenvalue weighted by atomic mass is 79.9. The highest BCUT2D eigenvalue weighted by Crippen LogP contribution is 2.29. The standard InChI is InChI=1S/C14H18BrFN4/c1-8-4-3-5-9(2)19(8)20-13-7-11(16)10(15)6-12(13)18-14(20)17/h6-9H,3-5H2,1-2H3,(H2,17,18). The number of anilines is 1. The summed E-state index contributed by atoms with van der Waals surface area (Å²) in [5.41, 5.74) is 7.52.